The number of benzene rings is 1. The molecule has 0 saturated heterocycles. The first-order valence-corrected chi connectivity index (χ1v) is 8.50. The van der Waals surface area contributed by atoms with Crippen molar-refractivity contribution < 1.29 is 4.74 Å². The van der Waals surface area contributed by atoms with E-state index < -0.39 is 0 Å². The van der Waals surface area contributed by atoms with Gasteiger partial charge in [0.2, 0.25) is 0 Å². The summed E-state index contributed by atoms with van der Waals surface area (Å²) in [6.07, 6.45) is 6.81. The Bertz CT molecular complexity index is 412. The summed E-state index contributed by atoms with van der Waals surface area (Å²) in [5.74, 6) is 2.69. The van der Waals surface area contributed by atoms with E-state index in [1.165, 1.54) is 37.7 Å². The van der Waals surface area contributed by atoms with Crippen LogP contribution < -0.4 is 10.1 Å². The van der Waals surface area contributed by atoms with Gasteiger partial charge in [0.1, 0.15) is 5.75 Å². The molecule has 1 N–H and O–H groups in total. The van der Waals surface area contributed by atoms with E-state index in [0.29, 0.717) is 12.1 Å². The van der Waals surface area contributed by atoms with Crippen molar-refractivity contribution in [3.8, 4) is 5.75 Å². The van der Waals surface area contributed by atoms with Gasteiger partial charge < -0.3 is 10.1 Å². The van der Waals surface area contributed by atoms with Crippen molar-refractivity contribution in [2.24, 2.45) is 11.8 Å². The van der Waals surface area contributed by atoms with E-state index in [0.717, 1.165) is 17.6 Å². The first kappa shape index (κ1) is 16.4. The maximum atomic E-state index is 5.23. The van der Waals surface area contributed by atoms with Gasteiger partial charge in [0.25, 0.3) is 0 Å². The Kier molecular flexibility index (Phi) is 6.10. The minimum Gasteiger partial charge on any atom is -0.497 e. The first-order chi connectivity index (χ1) is 10.1. The number of hydrogen-bond acceptors (Lipinski definition) is 2. The molecule has 1 aliphatic rings. The molecule has 2 unspecified atom stereocenters. The Morgan fingerprint density at radius 1 is 1.00 bits per heavy atom. The maximum Gasteiger partial charge on any atom is 0.118 e. The van der Waals surface area contributed by atoms with Gasteiger partial charge in [-0.15, -0.1) is 0 Å². The van der Waals surface area contributed by atoms with Crippen LogP contribution >= 0.6 is 0 Å². The van der Waals surface area contributed by atoms with Gasteiger partial charge in [0, 0.05) is 12.1 Å². The van der Waals surface area contributed by atoms with Gasteiger partial charge in [-0.3, -0.25) is 0 Å². The lowest BCUT2D eigenvalue weighted by atomic mass is 9.89. The Morgan fingerprint density at radius 2 is 1.71 bits per heavy atom. The average molecular weight is 289 g/mol. The largest absolute Gasteiger partial charge is 0.497 e. The SMILES string of the molecule is COc1ccc([C@H](C)NC2CCCC(C(C)C)CC2)cc1. The second kappa shape index (κ2) is 7.84. The van der Waals surface area contributed by atoms with Crippen LogP contribution in [0.2, 0.25) is 0 Å². The van der Waals surface area contributed by atoms with E-state index in [4.69, 9.17) is 4.74 Å². The zero-order chi connectivity index (χ0) is 15.2. The average Bonchev–Trinajstić information content (AvgIpc) is 2.73. The number of hydrogen-bond donors (Lipinski definition) is 1. The quantitative estimate of drug-likeness (QED) is 0.774. The van der Waals surface area contributed by atoms with Crippen molar-refractivity contribution >= 4 is 0 Å². The summed E-state index contributed by atoms with van der Waals surface area (Å²) >= 11 is 0. The van der Waals surface area contributed by atoms with E-state index in [2.05, 4.69) is 50.4 Å². The number of ether oxygens (including phenoxy) is 1. The highest BCUT2D eigenvalue weighted by molar-refractivity contribution is 5.28. The fraction of sp³-hybridized carbons (Fsp3) is 0.684. The molecule has 118 valence electrons. The zero-order valence-corrected chi connectivity index (χ0v) is 14.1. The van der Waals surface area contributed by atoms with E-state index in [-0.39, 0.29) is 0 Å². The molecule has 21 heavy (non-hydrogen) atoms. The molecule has 0 spiro atoms. The monoisotopic (exact) mass is 289 g/mol. The van der Waals surface area contributed by atoms with Gasteiger partial charge in [0.15, 0.2) is 0 Å². The van der Waals surface area contributed by atoms with Crippen LogP contribution in [-0.2, 0) is 0 Å². The summed E-state index contributed by atoms with van der Waals surface area (Å²) in [5.41, 5.74) is 1.35. The second-order valence-electron chi connectivity index (χ2n) is 6.87. The van der Waals surface area contributed by atoms with Crippen molar-refractivity contribution in [3.05, 3.63) is 29.8 Å². The molecule has 1 saturated carbocycles. The first-order valence-electron chi connectivity index (χ1n) is 8.50. The van der Waals surface area contributed by atoms with Crippen molar-refractivity contribution in [2.45, 2.75) is 65.0 Å². The summed E-state index contributed by atoms with van der Waals surface area (Å²) in [7, 11) is 1.72. The normalized spacial score (nSPS) is 24.6. The highest BCUT2D eigenvalue weighted by atomic mass is 16.5. The minimum absolute atomic E-state index is 0.413. The molecule has 0 radical (unpaired) electrons. The lowest BCUT2D eigenvalue weighted by Gasteiger charge is -2.23. The molecule has 0 amide bonds. The lowest BCUT2D eigenvalue weighted by molar-refractivity contribution is 0.335. The predicted octanol–water partition coefficient (Wildman–Crippen LogP) is 4.95. The number of methoxy groups -OCH3 is 1. The van der Waals surface area contributed by atoms with E-state index in [1.54, 1.807) is 7.11 Å². The number of rotatable bonds is 5. The molecular weight excluding hydrogens is 258 g/mol. The van der Waals surface area contributed by atoms with Crippen LogP contribution in [0.3, 0.4) is 0 Å². The molecule has 2 rings (SSSR count). The fourth-order valence-corrected chi connectivity index (χ4v) is 3.51. The summed E-state index contributed by atoms with van der Waals surface area (Å²) in [6.45, 7) is 7.02. The van der Waals surface area contributed by atoms with Crippen LogP contribution in [0.4, 0.5) is 0 Å². The highest BCUT2D eigenvalue weighted by Crippen LogP contribution is 2.30. The summed E-state index contributed by atoms with van der Waals surface area (Å²) in [6, 6.07) is 9.53. The molecule has 0 aliphatic heterocycles. The summed E-state index contributed by atoms with van der Waals surface area (Å²) < 4.78 is 5.23. The Morgan fingerprint density at radius 3 is 2.33 bits per heavy atom. The highest BCUT2D eigenvalue weighted by Gasteiger charge is 2.22. The molecule has 1 aliphatic carbocycles. The van der Waals surface area contributed by atoms with Crippen LogP contribution in [-0.4, -0.2) is 13.2 Å². The molecule has 0 aromatic heterocycles. The van der Waals surface area contributed by atoms with Gasteiger partial charge in [-0.1, -0.05) is 38.8 Å². The van der Waals surface area contributed by atoms with Gasteiger partial charge in [-0.2, -0.15) is 0 Å². The third-order valence-corrected chi connectivity index (χ3v) is 5.06. The third-order valence-electron chi connectivity index (χ3n) is 5.06. The summed E-state index contributed by atoms with van der Waals surface area (Å²) in [4.78, 5) is 0. The van der Waals surface area contributed by atoms with E-state index >= 15 is 0 Å². The van der Waals surface area contributed by atoms with Crippen LogP contribution in [0.25, 0.3) is 0 Å². The molecule has 2 heteroatoms. The molecular formula is C19H31NO. The van der Waals surface area contributed by atoms with Crippen molar-refractivity contribution in [2.75, 3.05) is 7.11 Å². The predicted molar refractivity (Wildman–Crippen MR) is 89.7 cm³/mol. The third kappa shape index (κ3) is 4.74. The molecule has 2 nitrogen and oxygen atoms in total. The van der Waals surface area contributed by atoms with Crippen LogP contribution in [0.15, 0.2) is 24.3 Å². The zero-order valence-electron chi connectivity index (χ0n) is 14.1. The van der Waals surface area contributed by atoms with Crippen molar-refractivity contribution in [1.82, 2.24) is 5.32 Å². The molecule has 0 heterocycles. The van der Waals surface area contributed by atoms with Gasteiger partial charge in [0.05, 0.1) is 7.11 Å². The molecule has 3 atom stereocenters. The van der Waals surface area contributed by atoms with Gasteiger partial charge >= 0.3 is 0 Å². The minimum atomic E-state index is 0.413. The van der Waals surface area contributed by atoms with Crippen molar-refractivity contribution in [1.29, 1.82) is 0 Å². The van der Waals surface area contributed by atoms with Gasteiger partial charge in [-0.25, -0.2) is 0 Å². The van der Waals surface area contributed by atoms with E-state index in [1.807, 2.05) is 0 Å². The Labute approximate surface area is 130 Å². The molecule has 0 bridgehead atoms. The standard InChI is InChI=1S/C19H31NO/c1-14(2)16-6-5-7-18(11-8-16)20-15(3)17-9-12-19(21-4)13-10-17/h9-10,12-16,18,20H,5-8,11H2,1-4H3/t15-,16?,18?/m0/s1. The second-order valence-corrected chi connectivity index (χ2v) is 6.87. The maximum absolute atomic E-state index is 5.23. The fourth-order valence-electron chi connectivity index (χ4n) is 3.51. The Hall–Kier alpha value is -1.02. The lowest BCUT2D eigenvalue weighted by Crippen LogP contribution is -2.31. The summed E-state index contributed by atoms with van der Waals surface area (Å²) in [5, 5.41) is 3.83. The molecule has 1 aromatic carbocycles. The Balaban J connectivity index is 1.88. The number of nitrogens with one attached hydrogen (secondary N) is 1. The van der Waals surface area contributed by atoms with Crippen LogP contribution in [0.5, 0.6) is 5.75 Å². The molecule has 1 aromatic rings. The van der Waals surface area contributed by atoms with Crippen LogP contribution in [0, 0.1) is 11.8 Å². The molecule has 1 fully saturated rings. The smallest absolute Gasteiger partial charge is 0.118 e. The van der Waals surface area contributed by atoms with E-state index in [9.17, 15) is 0 Å². The topological polar surface area (TPSA) is 21.3 Å². The van der Waals surface area contributed by atoms with Gasteiger partial charge in [-0.05, 0) is 55.7 Å². The van der Waals surface area contributed by atoms with Crippen molar-refractivity contribution in [3.63, 3.8) is 0 Å². The van der Waals surface area contributed by atoms with Crippen LogP contribution in [0.1, 0.15) is 64.5 Å².